The van der Waals surface area contributed by atoms with E-state index in [-0.39, 0.29) is 11.1 Å². The Morgan fingerprint density at radius 2 is 2.03 bits per heavy atom. The summed E-state index contributed by atoms with van der Waals surface area (Å²) in [5.74, 6) is 5.17. The maximum Gasteiger partial charge on any atom is 0.248 e. The average molecular weight is 410 g/mol. The van der Waals surface area contributed by atoms with Crippen LogP contribution in [0.4, 0.5) is 4.39 Å². The second-order valence-electron chi connectivity index (χ2n) is 6.80. The van der Waals surface area contributed by atoms with E-state index in [0.29, 0.717) is 30.0 Å². The lowest BCUT2D eigenvalue weighted by atomic mass is 10.0. The first-order valence-corrected chi connectivity index (χ1v) is 9.40. The van der Waals surface area contributed by atoms with Crippen LogP contribution in [-0.2, 0) is 17.8 Å². The van der Waals surface area contributed by atoms with E-state index in [4.69, 9.17) is 22.1 Å². The largest absolute Gasteiger partial charge is 0.373 e. The lowest BCUT2D eigenvalue weighted by Gasteiger charge is -2.20. The number of fused-ring (bicyclic) bond motifs is 1. The third-order valence-corrected chi connectivity index (χ3v) is 5.01. The van der Waals surface area contributed by atoms with Gasteiger partial charge in [-0.2, -0.15) is 5.10 Å². The highest BCUT2D eigenvalue weighted by atomic mass is 35.5. The standard InChI is InChI=1S/C22H17ClFN3O2/c1-13-10-21-17(12-29-13)20(9-4-14-2-5-15(6-3-14)22(25)28)26-27(21)16-7-8-19(24)18(23)11-16/h2-3,5-8,11,13H,10,12H2,1H3,(H2,25,28)/t13-/m0/s1. The summed E-state index contributed by atoms with van der Waals surface area (Å²) in [6.45, 7) is 2.39. The predicted molar refractivity (Wildman–Crippen MR) is 107 cm³/mol. The zero-order valence-corrected chi connectivity index (χ0v) is 16.3. The molecule has 0 aliphatic carbocycles. The van der Waals surface area contributed by atoms with Crippen LogP contribution in [0.3, 0.4) is 0 Å². The fourth-order valence-corrected chi connectivity index (χ4v) is 3.36. The van der Waals surface area contributed by atoms with Crippen LogP contribution in [0.15, 0.2) is 42.5 Å². The Morgan fingerprint density at radius 1 is 1.28 bits per heavy atom. The molecule has 0 spiro atoms. The average Bonchev–Trinajstić information content (AvgIpc) is 3.06. The van der Waals surface area contributed by atoms with Crippen LogP contribution >= 0.6 is 11.6 Å². The van der Waals surface area contributed by atoms with Crippen LogP contribution in [-0.4, -0.2) is 21.8 Å². The van der Waals surface area contributed by atoms with E-state index in [9.17, 15) is 9.18 Å². The number of benzene rings is 2. The number of rotatable bonds is 2. The molecule has 0 saturated carbocycles. The number of primary amides is 1. The van der Waals surface area contributed by atoms with Gasteiger partial charge < -0.3 is 10.5 Å². The summed E-state index contributed by atoms with van der Waals surface area (Å²) in [6, 6.07) is 11.2. The van der Waals surface area contributed by atoms with Gasteiger partial charge in [-0.25, -0.2) is 9.07 Å². The van der Waals surface area contributed by atoms with Gasteiger partial charge in [0.2, 0.25) is 5.91 Å². The molecule has 0 unspecified atom stereocenters. The number of halogens is 2. The lowest BCUT2D eigenvalue weighted by Crippen LogP contribution is -2.21. The first-order valence-electron chi connectivity index (χ1n) is 9.02. The van der Waals surface area contributed by atoms with E-state index >= 15 is 0 Å². The van der Waals surface area contributed by atoms with Gasteiger partial charge in [0.15, 0.2) is 0 Å². The molecule has 2 N–H and O–H groups in total. The summed E-state index contributed by atoms with van der Waals surface area (Å²) in [5.41, 5.74) is 9.55. The number of ether oxygens (including phenoxy) is 1. The Labute approximate surface area is 172 Å². The normalized spacial score (nSPS) is 15.3. The van der Waals surface area contributed by atoms with Gasteiger partial charge in [-0.15, -0.1) is 0 Å². The van der Waals surface area contributed by atoms with E-state index in [1.807, 2.05) is 6.92 Å². The fourth-order valence-electron chi connectivity index (χ4n) is 3.18. The van der Waals surface area contributed by atoms with Crippen molar-refractivity contribution >= 4 is 17.5 Å². The van der Waals surface area contributed by atoms with Crippen molar-refractivity contribution in [2.24, 2.45) is 5.73 Å². The Bertz CT molecular complexity index is 1160. The summed E-state index contributed by atoms with van der Waals surface area (Å²) in [6.07, 6.45) is 0.697. The molecule has 1 atom stereocenters. The van der Waals surface area contributed by atoms with Crippen molar-refractivity contribution < 1.29 is 13.9 Å². The van der Waals surface area contributed by atoms with Crippen molar-refractivity contribution in [3.8, 4) is 17.5 Å². The van der Waals surface area contributed by atoms with E-state index in [2.05, 4.69) is 16.9 Å². The molecule has 1 aliphatic heterocycles. The number of carbonyl (C=O) groups is 1. The Balaban J connectivity index is 1.75. The SMILES string of the molecule is C[C@H]1Cc2c(c(C#Cc3ccc(C(N)=O)cc3)nn2-c2ccc(F)c(Cl)c2)CO1. The molecule has 1 aromatic heterocycles. The molecule has 0 radical (unpaired) electrons. The topological polar surface area (TPSA) is 70.1 Å². The number of amides is 1. The third-order valence-electron chi connectivity index (χ3n) is 4.73. The first kappa shape index (κ1) is 19.2. The molecule has 0 fully saturated rings. The zero-order chi connectivity index (χ0) is 20.5. The molecule has 7 heteroatoms. The number of hydrogen-bond acceptors (Lipinski definition) is 3. The van der Waals surface area contributed by atoms with E-state index in [1.54, 1.807) is 41.1 Å². The van der Waals surface area contributed by atoms with Crippen LogP contribution in [0.5, 0.6) is 0 Å². The van der Waals surface area contributed by atoms with Crippen LogP contribution in [0.2, 0.25) is 5.02 Å². The molecule has 146 valence electrons. The van der Waals surface area contributed by atoms with Crippen molar-refractivity contribution in [1.82, 2.24) is 9.78 Å². The van der Waals surface area contributed by atoms with Crippen molar-refractivity contribution in [3.63, 3.8) is 0 Å². The molecular weight excluding hydrogens is 393 g/mol. The number of carbonyl (C=O) groups excluding carboxylic acids is 1. The van der Waals surface area contributed by atoms with Crippen LogP contribution in [0, 0.1) is 17.7 Å². The Hall–Kier alpha value is -3.14. The summed E-state index contributed by atoms with van der Waals surface area (Å²) in [7, 11) is 0. The van der Waals surface area contributed by atoms with Gasteiger partial charge in [-0.05, 0) is 55.3 Å². The molecule has 4 rings (SSSR count). The minimum atomic E-state index is -0.485. The van der Waals surface area contributed by atoms with Gasteiger partial charge in [-0.3, -0.25) is 4.79 Å². The molecule has 1 aliphatic rings. The van der Waals surface area contributed by atoms with Crippen molar-refractivity contribution in [2.45, 2.75) is 26.1 Å². The molecule has 0 saturated heterocycles. The van der Waals surface area contributed by atoms with Crippen molar-refractivity contribution in [2.75, 3.05) is 0 Å². The predicted octanol–water partition coefficient (Wildman–Crippen LogP) is 3.62. The van der Waals surface area contributed by atoms with Crippen molar-refractivity contribution in [3.05, 3.63) is 81.4 Å². The minimum absolute atomic E-state index is 0.0361. The van der Waals surface area contributed by atoms with Crippen molar-refractivity contribution in [1.29, 1.82) is 0 Å². The molecule has 2 heterocycles. The first-order chi connectivity index (χ1) is 13.9. The van der Waals surface area contributed by atoms with Gasteiger partial charge in [0.1, 0.15) is 11.5 Å². The Kier molecular flexibility index (Phi) is 5.10. The summed E-state index contributed by atoms with van der Waals surface area (Å²) in [4.78, 5) is 11.2. The number of aromatic nitrogens is 2. The third kappa shape index (κ3) is 3.88. The highest BCUT2D eigenvalue weighted by Crippen LogP contribution is 2.28. The number of nitrogens with zero attached hydrogens (tertiary/aromatic N) is 2. The molecule has 0 bridgehead atoms. The summed E-state index contributed by atoms with van der Waals surface area (Å²) < 4.78 is 21.1. The zero-order valence-electron chi connectivity index (χ0n) is 15.6. The smallest absolute Gasteiger partial charge is 0.248 e. The fraction of sp³-hybridized carbons (Fsp3) is 0.182. The summed E-state index contributed by atoms with van der Waals surface area (Å²) in [5, 5.41) is 4.67. The highest BCUT2D eigenvalue weighted by molar-refractivity contribution is 6.30. The lowest BCUT2D eigenvalue weighted by molar-refractivity contribution is 0.0397. The van der Waals surface area contributed by atoms with Crippen LogP contribution < -0.4 is 5.73 Å². The maximum absolute atomic E-state index is 13.6. The van der Waals surface area contributed by atoms with Gasteiger partial charge in [0, 0.05) is 23.1 Å². The van der Waals surface area contributed by atoms with Gasteiger partial charge >= 0.3 is 0 Å². The quantitative estimate of drug-likeness (QED) is 0.657. The van der Waals surface area contributed by atoms with E-state index in [1.165, 1.54) is 6.07 Å². The minimum Gasteiger partial charge on any atom is -0.373 e. The molecule has 1 amide bonds. The molecule has 3 aromatic rings. The van der Waals surface area contributed by atoms with Crippen LogP contribution in [0.1, 0.15) is 39.8 Å². The molecule has 2 aromatic carbocycles. The molecule has 5 nitrogen and oxygen atoms in total. The van der Waals surface area contributed by atoms with Gasteiger partial charge in [0.05, 0.1) is 29.1 Å². The molecule has 29 heavy (non-hydrogen) atoms. The van der Waals surface area contributed by atoms with Crippen LogP contribution in [0.25, 0.3) is 5.69 Å². The monoisotopic (exact) mass is 409 g/mol. The van der Waals surface area contributed by atoms with Gasteiger partial charge in [0.25, 0.3) is 0 Å². The second kappa shape index (κ2) is 7.70. The highest BCUT2D eigenvalue weighted by Gasteiger charge is 2.25. The Morgan fingerprint density at radius 3 is 2.72 bits per heavy atom. The number of nitrogens with two attached hydrogens (primary N) is 1. The molecular formula is C22H17ClFN3O2. The van der Waals surface area contributed by atoms with E-state index in [0.717, 1.165) is 16.8 Å². The maximum atomic E-state index is 13.6. The van der Waals surface area contributed by atoms with Gasteiger partial charge in [-0.1, -0.05) is 17.5 Å². The summed E-state index contributed by atoms with van der Waals surface area (Å²) >= 11 is 5.96. The second-order valence-corrected chi connectivity index (χ2v) is 7.21. The number of hydrogen-bond donors (Lipinski definition) is 1. The van der Waals surface area contributed by atoms with E-state index < -0.39 is 11.7 Å².